The first kappa shape index (κ1) is 7.86. The highest BCUT2D eigenvalue weighted by molar-refractivity contribution is 7.99. The molecule has 2 heteroatoms. The minimum atomic E-state index is 0.675. The van der Waals surface area contributed by atoms with E-state index in [0.29, 0.717) is 5.25 Å². The van der Waals surface area contributed by atoms with Gasteiger partial charge in [0, 0.05) is 11.0 Å². The maximum Gasteiger partial charge on any atom is 0.0314 e. The summed E-state index contributed by atoms with van der Waals surface area (Å²) in [7, 11) is 0. The molecule has 1 atom stereocenters. The van der Waals surface area contributed by atoms with Crippen molar-refractivity contribution in [3.63, 3.8) is 0 Å². The lowest BCUT2D eigenvalue weighted by Crippen LogP contribution is -2.13. The summed E-state index contributed by atoms with van der Waals surface area (Å²) in [6, 6.07) is 0. The number of thioether (sulfide) groups is 1. The van der Waals surface area contributed by atoms with Crippen LogP contribution in [0.25, 0.3) is 0 Å². The predicted octanol–water partition coefficient (Wildman–Crippen LogP) is 2.48. The number of hydrogen-bond acceptors (Lipinski definition) is 2. The van der Waals surface area contributed by atoms with Crippen molar-refractivity contribution in [2.75, 3.05) is 6.26 Å². The minimum Gasteiger partial charge on any atom is -0.305 e. The molecule has 0 aromatic rings. The Morgan fingerprint density at radius 3 is 2.90 bits per heavy atom. The molecule has 0 radical (unpaired) electrons. The fourth-order valence-electron chi connectivity index (χ4n) is 1.26. The molecule has 1 aliphatic carbocycles. The van der Waals surface area contributed by atoms with Gasteiger partial charge in [-0.25, -0.2) is 0 Å². The van der Waals surface area contributed by atoms with Gasteiger partial charge < -0.3 is 5.41 Å². The Morgan fingerprint density at radius 2 is 2.40 bits per heavy atom. The zero-order valence-corrected chi connectivity index (χ0v) is 7.29. The Kier molecular flexibility index (Phi) is 2.55. The summed E-state index contributed by atoms with van der Waals surface area (Å²) >= 11 is 1.89. The quantitative estimate of drug-likeness (QED) is 0.618. The average Bonchev–Trinajstić information content (AvgIpc) is 1.88. The summed E-state index contributed by atoms with van der Waals surface area (Å²) in [6.07, 6.45) is 6.26. The molecule has 1 N–H and O–H groups in total. The lowest BCUT2D eigenvalue weighted by Gasteiger charge is -2.19. The zero-order valence-electron chi connectivity index (χ0n) is 6.48. The van der Waals surface area contributed by atoms with Gasteiger partial charge in [0.2, 0.25) is 0 Å². The van der Waals surface area contributed by atoms with Gasteiger partial charge in [0.05, 0.1) is 0 Å². The van der Waals surface area contributed by atoms with Crippen LogP contribution in [0.1, 0.15) is 19.8 Å². The molecular weight excluding hydrogens is 142 g/mol. The summed E-state index contributed by atoms with van der Waals surface area (Å²) < 4.78 is 0. The number of allylic oxidation sites excluding steroid dienone is 1. The summed E-state index contributed by atoms with van der Waals surface area (Å²) in [5.74, 6) is 0. The lowest BCUT2D eigenvalue weighted by molar-refractivity contribution is 0.851. The van der Waals surface area contributed by atoms with Crippen LogP contribution in [0.15, 0.2) is 11.6 Å². The van der Waals surface area contributed by atoms with Crippen molar-refractivity contribution in [1.82, 2.24) is 0 Å². The normalized spacial score (nSPS) is 26.4. The van der Waals surface area contributed by atoms with Gasteiger partial charge in [0.15, 0.2) is 0 Å². The molecule has 0 aromatic heterocycles. The fourth-order valence-corrected chi connectivity index (χ4v) is 2.05. The first-order chi connectivity index (χ1) is 4.74. The molecule has 10 heavy (non-hydrogen) atoms. The highest BCUT2D eigenvalue weighted by Crippen LogP contribution is 2.25. The summed E-state index contributed by atoms with van der Waals surface area (Å²) in [6.45, 7) is 2.12. The van der Waals surface area contributed by atoms with Crippen molar-refractivity contribution >= 4 is 17.5 Å². The van der Waals surface area contributed by atoms with Crippen LogP contribution in [-0.4, -0.2) is 17.2 Å². The summed E-state index contributed by atoms with van der Waals surface area (Å²) in [5, 5.41) is 8.07. The Morgan fingerprint density at radius 1 is 1.70 bits per heavy atom. The van der Waals surface area contributed by atoms with E-state index < -0.39 is 0 Å². The van der Waals surface area contributed by atoms with Gasteiger partial charge in [-0.1, -0.05) is 5.57 Å². The smallest absolute Gasteiger partial charge is 0.0314 e. The minimum absolute atomic E-state index is 0.675. The van der Waals surface area contributed by atoms with Gasteiger partial charge in [-0.3, -0.25) is 0 Å². The maximum absolute atomic E-state index is 7.40. The predicted molar refractivity (Wildman–Crippen MR) is 48.0 cm³/mol. The topological polar surface area (TPSA) is 23.9 Å². The van der Waals surface area contributed by atoms with E-state index in [1.54, 1.807) is 0 Å². The van der Waals surface area contributed by atoms with Crippen molar-refractivity contribution < 1.29 is 0 Å². The first-order valence-electron chi connectivity index (χ1n) is 3.52. The van der Waals surface area contributed by atoms with E-state index in [0.717, 1.165) is 18.6 Å². The Hall–Kier alpha value is -0.240. The van der Waals surface area contributed by atoms with E-state index in [1.165, 1.54) is 5.57 Å². The van der Waals surface area contributed by atoms with E-state index in [2.05, 4.69) is 13.2 Å². The third kappa shape index (κ3) is 1.63. The molecule has 0 fully saturated rings. The van der Waals surface area contributed by atoms with E-state index in [9.17, 15) is 0 Å². The highest BCUT2D eigenvalue weighted by Gasteiger charge is 2.14. The van der Waals surface area contributed by atoms with Gasteiger partial charge in [0.1, 0.15) is 0 Å². The van der Waals surface area contributed by atoms with Gasteiger partial charge in [-0.2, -0.15) is 11.8 Å². The first-order valence-corrected chi connectivity index (χ1v) is 4.81. The van der Waals surface area contributed by atoms with Crippen molar-refractivity contribution in [2.24, 2.45) is 0 Å². The monoisotopic (exact) mass is 155 g/mol. The Bertz CT molecular complexity index is 172. The van der Waals surface area contributed by atoms with Gasteiger partial charge in [0.25, 0.3) is 0 Å². The molecule has 0 aliphatic heterocycles. The second kappa shape index (κ2) is 3.24. The van der Waals surface area contributed by atoms with Crippen LogP contribution in [0.4, 0.5) is 0 Å². The molecule has 0 aromatic carbocycles. The summed E-state index contributed by atoms with van der Waals surface area (Å²) in [4.78, 5) is 0. The number of rotatable bonds is 1. The van der Waals surface area contributed by atoms with E-state index in [4.69, 9.17) is 5.41 Å². The van der Waals surface area contributed by atoms with Crippen LogP contribution in [0.2, 0.25) is 0 Å². The largest absolute Gasteiger partial charge is 0.305 e. The van der Waals surface area contributed by atoms with Crippen LogP contribution in [0, 0.1) is 5.41 Å². The van der Waals surface area contributed by atoms with Crippen LogP contribution in [-0.2, 0) is 0 Å². The molecule has 1 unspecified atom stereocenters. The van der Waals surface area contributed by atoms with E-state index in [1.807, 2.05) is 17.8 Å². The van der Waals surface area contributed by atoms with Crippen LogP contribution < -0.4 is 0 Å². The second-order valence-electron chi connectivity index (χ2n) is 2.68. The average molecular weight is 155 g/mol. The van der Waals surface area contributed by atoms with Crippen molar-refractivity contribution in [3.8, 4) is 0 Å². The fraction of sp³-hybridized carbons (Fsp3) is 0.625. The SMILES string of the molecule is CSC1CCC(=N)C=C1C. The molecule has 1 aliphatic rings. The van der Waals surface area contributed by atoms with Crippen molar-refractivity contribution in [1.29, 1.82) is 5.41 Å². The molecule has 0 heterocycles. The molecule has 0 bridgehead atoms. The number of hydrogen-bond donors (Lipinski definition) is 1. The van der Waals surface area contributed by atoms with Crippen molar-refractivity contribution in [2.45, 2.75) is 25.0 Å². The Labute approximate surface area is 66.4 Å². The maximum atomic E-state index is 7.40. The van der Waals surface area contributed by atoms with Crippen LogP contribution in [0.5, 0.6) is 0 Å². The van der Waals surface area contributed by atoms with Crippen LogP contribution >= 0.6 is 11.8 Å². The van der Waals surface area contributed by atoms with Crippen LogP contribution in [0.3, 0.4) is 0 Å². The Balaban J connectivity index is 2.67. The summed E-state index contributed by atoms with van der Waals surface area (Å²) in [5.41, 5.74) is 2.16. The molecule has 56 valence electrons. The third-order valence-electron chi connectivity index (χ3n) is 1.87. The molecule has 0 amide bonds. The molecule has 1 rings (SSSR count). The lowest BCUT2D eigenvalue weighted by atomic mass is 9.99. The van der Waals surface area contributed by atoms with E-state index in [-0.39, 0.29) is 0 Å². The molecule has 1 nitrogen and oxygen atoms in total. The molecular formula is C8H13NS. The zero-order chi connectivity index (χ0) is 7.56. The highest BCUT2D eigenvalue weighted by atomic mass is 32.2. The van der Waals surface area contributed by atoms with Crippen molar-refractivity contribution in [3.05, 3.63) is 11.6 Å². The number of nitrogens with one attached hydrogen (secondary N) is 1. The van der Waals surface area contributed by atoms with Gasteiger partial charge >= 0.3 is 0 Å². The van der Waals surface area contributed by atoms with Gasteiger partial charge in [-0.05, 0) is 32.1 Å². The molecule has 0 saturated carbocycles. The molecule has 0 saturated heterocycles. The third-order valence-corrected chi connectivity index (χ3v) is 3.05. The van der Waals surface area contributed by atoms with Gasteiger partial charge in [-0.15, -0.1) is 0 Å². The molecule has 0 spiro atoms. The second-order valence-corrected chi connectivity index (χ2v) is 3.72. The standard InChI is InChI=1S/C8H13NS/c1-6-5-7(9)3-4-8(6)10-2/h5,8-9H,3-4H2,1-2H3. The van der Waals surface area contributed by atoms with E-state index >= 15 is 0 Å².